The maximum Gasteiger partial charge on any atom is 0.407 e. The molecule has 0 heterocycles. The van der Waals surface area contributed by atoms with Gasteiger partial charge < -0.3 is 10.1 Å². The van der Waals surface area contributed by atoms with Gasteiger partial charge >= 0.3 is 6.09 Å². The van der Waals surface area contributed by atoms with E-state index in [1.807, 2.05) is 30.3 Å². The molecule has 3 nitrogen and oxygen atoms in total. The number of hydrogen-bond donors (Lipinski definition) is 1. The number of benzene rings is 1. The molecule has 0 atom stereocenters. The van der Waals surface area contributed by atoms with E-state index in [9.17, 15) is 4.79 Å². The second-order valence-corrected chi connectivity index (χ2v) is 5.51. The number of halogens is 1. The molecule has 1 aromatic carbocycles. The zero-order valence-corrected chi connectivity index (χ0v) is 11.9. The molecule has 1 saturated carbocycles. The minimum absolute atomic E-state index is 0.303. The Morgan fingerprint density at radius 3 is 2.72 bits per heavy atom. The van der Waals surface area contributed by atoms with Gasteiger partial charge in [-0.15, -0.1) is 0 Å². The van der Waals surface area contributed by atoms with E-state index in [0.29, 0.717) is 12.6 Å². The summed E-state index contributed by atoms with van der Waals surface area (Å²) < 4.78 is 5.17. The molecule has 0 bridgehead atoms. The molecule has 0 unspecified atom stereocenters. The van der Waals surface area contributed by atoms with Crippen molar-refractivity contribution in [3.63, 3.8) is 0 Å². The summed E-state index contributed by atoms with van der Waals surface area (Å²) in [6.07, 6.45) is 3.04. The van der Waals surface area contributed by atoms with E-state index in [2.05, 4.69) is 21.2 Å². The highest BCUT2D eigenvalue weighted by molar-refractivity contribution is 9.09. The molecular weight excluding hydrogens is 294 g/mol. The number of nitrogens with one attached hydrogen (secondary N) is 1. The van der Waals surface area contributed by atoms with Gasteiger partial charge in [-0.2, -0.15) is 0 Å². The van der Waals surface area contributed by atoms with E-state index in [1.54, 1.807) is 0 Å². The average molecular weight is 312 g/mol. The van der Waals surface area contributed by atoms with Crippen LogP contribution in [0.3, 0.4) is 0 Å². The largest absolute Gasteiger partial charge is 0.445 e. The third-order valence-electron chi connectivity index (χ3n) is 3.29. The number of amides is 1. The molecule has 1 aliphatic rings. The van der Waals surface area contributed by atoms with E-state index in [4.69, 9.17) is 4.74 Å². The van der Waals surface area contributed by atoms with Crippen molar-refractivity contribution in [2.75, 3.05) is 5.33 Å². The summed E-state index contributed by atoms with van der Waals surface area (Å²) in [4.78, 5) is 11.5. The van der Waals surface area contributed by atoms with Gasteiger partial charge in [0, 0.05) is 11.4 Å². The Labute approximate surface area is 116 Å². The summed E-state index contributed by atoms with van der Waals surface area (Å²) in [5.41, 5.74) is 1.01. The van der Waals surface area contributed by atoms with Crippen LogP contribution in [0.25, 0.3) is 0 Å². The van der Waals surface area contributed by atoms with Gasteiger partial charge in [-0.25, -0.2) is 4.79 Å². The lowest BCUT2D eigenvalue weighted by atomic mass is 9.79. The summed E-state index contributed by atoms with van der Waals surface area (Å²) >= 11 is 3.43. The van der Waals surface area contributed by atoms with Crippen molar-refractivity contribution in [2.45, 2.75) is 31.9 Å². The van der Waals surface area contributed by atoms with E-state index >= 15 is 0 Å². The van der Waals surface area contributed by atoms with Crippen LogP contribution >= 0.6 is 15.9 Å². The topological polar surface area (TPSA) is 38.3 Å². The zero-order valence-electron chi connectivity index (χ0n) is 10.3. The van der Waals surface area contributed by atoms with Crippen LogP contribution in [-0.2, 0) is 11.3 Å². The van der Waals surface area contributed by atoms with Crippen molar-refractivity contribution in [3.8, 4) is 0 Å². The molecule has 2 rings (SSSR count). The van der Waals surface area contributed by atoms with Crippen molar-refractivity contribution in [2.24, 2.45) is 5.92 Å². The van der Waals surface area contributed by atoms with Crippen LogP contribution in [0.5, 0.6) is 0 Å². The molecule has 1 fully saturated rings. The molecule has 1 amide bonds. The van der Waals surface area contributed by atoms with Crippen LogP contribution in [0.15, 0.2) is 30.3 Å². The molecule has 1 aliphatic carbocycles. The highest BCUT2D eigenvalue weighted by Gasteiger charge is 2.29. The summed E-state index contributed by atoms with van der Waals surface area (Å²) in [5.74, 6) is 0.754. The van der Waals surface area contributed by atoms with Crippen molar-refractivity contribution >= 4 is 22.0 Å². The lowest BCUT2D eigenvalue weighted by molar-refractivity contribution is 0.121. The maximum atomic E-state index is 11.5. The second-order valence-electron chi connectivity index (χ2n) is 4.72. The molecule has 0 aliphatic heterocycles. The molecule has 0 saturated heterocycles. The molecular formula is C14H18BrNO2. The normalized spacial score (nSPS) is 22.1. The number of alkyl halides is 1. The van der Waals surface area contributed by atoms with E-state index in [1.165, 1.54) is 6.42 Å². The van der Waals surface area contributed by atoms with E-state index < -0.39 is 0 Å². The molecule has 1 aromatic rings. The van der Waals surface area contributed by atoms with Gasteiger partial charge in [-0.05, 0) is 30.7 Å². The molecule has 0 radical (unpaired) electrons. The van der Waals surface area contributed by atoms with Crippen LogP contribution in [0.4, 0.5) is 4.79 Å². The third-order valence-corrected chi connectivity index (χ3v) is 3.75. The van der Waals surface area contributed by atoms with Gasteiger partial charge in [0.2, 0.25) is 0 Å². The van der Waals surface area contributed by atoms with Crippen LogP contribution < -0.4 is 5.32 Å². The molecule has 0 aromatic heterocycles. The first-order chi connectivity index (χ1) is 8.78. The highest BCUT2D eigenvalue weighted by Crippen LogP contribution is 2.30. The maximum absolute atomic E-state index is 11.5. The summed E-state index contributed by atoms with van der Waals surface area (Å²) in [7, 11) is 0. The molecule has 18 heavy (non-hydrogen) atoms. The minimum Gasteiger partial charge on any atom is -0.445 e. The Hall–Kier alpha value is -1.03. The summed E-state index contributed by atoms with van der Waals surface area (Å²) in [6.45, 7) is 0.338. The lowest BCUT2D eigenvalue weighted by Gasteiger charge is -2.35. The molecule has 98 valence electrons. The van der Waals surface area contributed by atoms with Gasteiger partial charge in [0.25, 0.3) is 0 Å². The van der Waals surface area contributed by atoms with Gasteiger partial charge in [0.1, 0.15) is 6.61 Å². The predicted molar refractivity (Wildman–Crippen MR) is 74.7 cm³/mol. The second kappa shape index (κ2) is 6.78. The molecule has 0 spiro atoms. The van der Waals surface area contributed by atoms with Crippen LogP contribution in [0.1, 0.15) is 24.8 Å². The monoisotopic (exact) mass is 311 g/mol. The third kappa shape index (κ3) is 4.02. The van der Waals surface area contributed by atoms with Crippen LogP contribution in [0.2, 0.25) is 0 Å². The first kappa shape index (κ1) is 13.4. The van der Waals surface area contributed by atoms with Gasteiger partial charge in [0.15, 0.2) is 0 Å². The Bertz CT molecular complexity index is 377. The quantitative estimate of drug-likeness (QED) is 0.845. The molecule has 4 heteroatoms. The van der Waals surface area contributed by atoms with Crippen LogP contribution in [-0.4, -0.2) is 17.5 Å². The first-order valence-electron chi connectivity index (χ1n) is 6.31. The Balaban J connectivity index is 1.62. The fraction of sp³-hybridized carbons (Fsp3) is 0.500. The number of rotatable bonds is 5. The standard InChI is InChI=1S/C14H18BrNO2/c15-7-6-12-8-13(9-12)16-14(17)18-10-11-4-2-1-3-5-11/h1-5,12-13H,6-10H2,(H,16,17). The smallest absolute Gasteiger partial charge is 0.407 e. The lowest BCUT2D eigenvalue weighted by Crippen LogP contribution is -2.44. The average Bonchev–Trinajstić information content (AvgIpc) is 2.35. The number of ether oxygens (including phenoxy) is 1. The van der Waals surface area contributed by atoms with Gasteiger partial charge in [-0.1, -0.05) is 46.3 Å². The Morgan fingerprint density at radius 1 is 1.33 bits per heavy atom. The fourth-order valence-electron chi connectivity index (χ4n) is 2.18. The Kier molecular flexibility index (Phi) is 5.05. The Morgan fingerprint density at radius 2 is 2.06 bits per heavy atom. The number of carbonyl (C=O) groups is 1. The number of carbonyl (C=O) groups excluding carboxylic acids is 1. The SMILES string of the molecule is O=C(NC1CC(CCBr)C1)OCc1ccccc1. The van der Waals surface area contributed by atoms with Gasteiger partial charge in [-0.3, -0.25) is 0 Å². The fourth-order valence-corrected chi connectivity index (χ4v) is 2.82. The highest BCUT2D eigenvalue weighted by atomic mass is 79.9. The number of alkyl carbamates (subject to hydrolysis) is 1. The van der Waals surface area contributed by atoms with Crippen LogP contribution in [0, 0.1) is 5.92 Å². The predicted octanol–water partition coefficient (Wildman–Crippen LogP) is 3.48. The zero-order chi connectivity index (χ0) is 12.8. The van der Waals surface area contributed by atoms with Crippen molar-refractivity contribution in [1.29, 1.82) is 0 Å². The van der Waals surface area contributed by atoms with Crippen molar-refractivity contribution < 1.29 is 9.53 Å². The summed E-state index contributed by atoms with van der Waals surface area (Å²) in [5, 5.41) is 3.94. The van der Waals surface area contributed by atoms with E-state index in [0.717, 1.165) is 29.7 Å². The van der Waals surface area contributed by atoms with Crippen molar-refractivity contribution in [3.05, 3.63) is 35.9 Å². The molecule has 1 N–H and O–H groups in total. The number of hydrogen-bond acceptors (Lipinski definition) is 2. The van der Waals surface area contributed by atoms with E-state index in [-0.39, 0.29) is 6.09 Å². The van der Waals surface area contributed by atoms with Gasteiger partial charge in [0.05, 0.1) is 0 Å². The minimum atomic E-state index is -0.304. The first-order valence-corrected chi connectivity index (χ1v) is 7.43. The summed E-state index contributed by atoms with van der Waals surface area (Å²) in [6, 6.07) is 10.0. The van der Waals surface area contributed by atoms with Crippen molar-refractivity contribution in [1.82, 2.24) is 5.32 Å².